The Morgan fingerprint density at radius 1 is 1.20 bits per heavy atom. The molecular formula is C18H28N4O3. The summed E-state index contributed by atoms with van der Waals surface area (Å²) >= 11 is 0. The Morgan fingerprint density at radius 3 is 2.64 bits per heavy atom. The molecule has 2 rings (SSSR count). The molecule has 0 bridgehead atoms. The lowest BCUT2D eigenvalue weighted by Gasteiger charge is -2.34. The molecule has 3 amide bonds. The molecule has 1 heterocycles. The zero-order valence-electron chi connectivity index (χ0n) is 15.1. The van der Waals surface area contributed by atoms with E-state index in [2.05, 4.69) is 15.5 Å². The van der Waals surface area contributed by atoms with Crippen LogP contribution >= 0.6 is 0 Å². The van der Waals surface area contributed by atoms with Gasteiger partial charge in [-0.15, -0.1) is 0 Å². The minimum absolute atomic E-state index is 0.0220. The molecule has 0 spiro atoms. The van der Waals surface area contributed by atoms with Crippen LogP contribution in [0.2, 0.25) is 0 Å². The topological polar surface area (TPSA) is 73.9 Å². The minimum Gasteiger partial charge on any atom is -0.385 e. The summed E-state index contributed by atoms with van der Waals surface area (Å²) in [6.45, 7) is 6.29. The van der Waals surface area contributed by atoms with Gasteiger partial charge >= 0.3 is 6.03 Å². The lowest BCUT2D eigenvalue weighted by atomic mass is 10.2. The van der Waals surface area contributed by atoms with Crippen LogP contribution in [0.25, 0.3) is 0 Å². The van der Waals surface area contributed by atoms with Crippen molar-refractivity contribution in [1.29, 1.82) is 0 Å². The van der Waals surface area contributed by atoms with E-state index in [9.17, 15) is 9.59 Å². The van der Waals surface area contributed by atoms with Crippen LogP contribution < -0.4 is 10.6 Å². The standard InChI is InChI=1S/C18H28N4O3/c1-15-5-3-6-16(13-15)20-18(24)22-10-8-21(9-11-22)14-17(23)19-7-4-12-25-2/h3,5-6,13H,4,7-12,14H2,1-2H3,(H,19,23)(H,20,24). The van der Waals surface area contributed by atoms with Crippen molar-refractivity contribution in [1.82, 2.24) is 15.1 Å². The van der Waals surface area contributed by atoms with Crippen molar-refractivity contribution in [3.05, 3.63) is 29.8 Å². The third kappa shape index (κ3) is 6.72. The number of benzene rings is 1. The highest BCUT2D eigenvalue weighted by Gasteiger charge is 2.22. The Bertz CT molecular complexity index is 571. The molecule has 1 aromatic carbocycles. The number of aryl methyl sites for hydroxylation is 1. The Morgan fingerprint density at radius 2 is 1.96 bits per heavy atom. The molecule has 1 aliphatic heterocycles. The molecule has 0 aromatic heterocycles. The molecule has 7 heteroatoms. The van der Waals surface area contributed by atoms with E-state index in [1.165, 1.54) is 0 Å². The number of ether oxygens (including phenoxy) is 1. The van der Waals surface area contributed by atoms with Crippen LogP contribution in [0.3, 0.4) is 0 Å². The Hall–Kier alpha value is -2.12. The summed E-state index contributed by atoms with van der Waals surface area (Å²) in [5.41, 5.74) is 1.92. The van der Waals surface area contributed by atoms with Gasteiger partial charge in [0.2, 0.25) is 5.91 Å². The zero-order chi connectivity index (χ0) is 18.1. The van der Waals surface area contributed by atoms with Crippen LogP contribution in [-0.4, -0.2) is 74.7 Å². The predicted octanol–water partition coefficient (Wildman–Crippen LogP) is 1.30. The SMILES string of the molecule is COCCCNC(=O)CN1CCN(C(=O)Nc2cccc(C)c2)CC1. The quantitative estimate of drug-likeness (QED) is 0.729. The van der Waals surface area contributed by atoms with Gasteiger partial charge in [0, 0.05) is 52.1 Å². The second kappa shape index (κ2) is 10.0. The lowest BCUT2D eigenvalue weighted by Crippen LogP contribution is -2.52. The predicted molar refractivity (Wildman–Crippen MR) is 97.7 cm³/mol. The molecule has 25 heavy (non-hydrogen) atoms. The van der Waals surface area contributed by atoms with Crippen LogP contribution in [0.5, 0.6) is 0 Å². The molecule has 2 N–H and O–H groups in total. The fourth-order valence-corrected chi connectivity index (χ4v) is 2.74. The number of piperazine rings is 1. The van der Waals surface area contributed by atoms with Crippen molar-refractivity contribution in [2.24, 2.45) is 0 Å². The molecule has 1 saturated heterocycles. The van der Waals surface area contributed by atoms with Crippen LogP contribution in [-0.2, 0) is 9.53 Å². The first-order valence-corrected chi connectivity index (χ1v) is 8.69. The van der Waals surface area contributed by atoms with E-state index < -0.39 is 0 Å². The molecule has 0 aliphatic carbocycles. The summed E-state index contributed by atoms with van der Waals surface area (Å²) < 4.78 is 4.95. The largest absolute Gasteiger partial charge is 0.385 e. The van der Waals surface area contributed by atoms with Gasteiger partial charge in [-0.25, -0.2) is 4.79 Å². The minimum atomic E-state index is -0.0886. The summed E-state index contributed by atoms with van der Waals surface area (Å²) in [6, 6.07) is 7.66. The van der Waals surface area contributed by atoms with Crippen molar-refractivity contribution < 1.29 is 14.3 Å². The fourth-order valence-electron chi connectivity index (χ4n) is 2.74. The van der Waals surface area contributed by atoms with E-state index >= 15 is 0 Å². The average molecular weight is 348 g/mol. The zero-order valence-corrected chi connectivity index (χ0v) is 15.1. The molecule has 0 unspecified atom stereocenters. The molecule has 0 saturated carbocycles. The highest BCUT2D eigenvalue weighted by atomic mass is 16.5. The first kappa shape index (κ1) is 19.2. The number of nitrogens with one attached hydrogen (secondary N) is 2. The molecule has 1 aliphatic rings. The van der Waals surface area contributed by atoms with E-state index in [1.807, 2.05) is 31.2 Å². The van der Waals surface area contributed by atoms with E-state index in [1.54, 1.807) is 12.0 Å². The summed E-state index contributed by atoms with van der Waals surface area (Å²) in [5, 5.41) is 5.81. The van der Waals surface area contributed by atoms with E-state index in [4.69, 9.17) is 4.74 Å². The first-order chi connectivity index (χ1) is 12.1. The number of rotatable bonds is 7. The lowest BCUT2D eigenvalue weighted by molar-refractivity contribution is -0.122. The van der Waals surface area contributed by atoms with Crippen LogP contribution in [0.4, 0.5) is 10.5 Å². The Balaban J connectivity index is 1.68. The van der Waals surface area contributed by atoms with Crippen molar-refractivity contribution in [2.45, 2.75) is 13.3 Å². The van der Waals surface area contributed by atoms with Crippen LogP contribution in [0, 0.1) is 6.92 Å². The number of amides is 3. The number of hydrogen-bond donors (Lipinski definition) is 2. The van der Waals surface area contributed by atoms with Crippen molar-refractivity contribution in [3.63, 3.8) is 0 Å². The molecular weight excluding hydrogens is 320 g/mol. The van der Waals surface area contributed by atoms with Crippen LogP contribution in [0.1, 0.15) is 12.0 Å². The highest BCUT2D eigenvalue weighted by Crippen LogP contribution is 2.11. The summed E-state index contributed by atoms with van der Waals surface area (Å²) in [5.74, 6) is 0.0220. The second-order valence-corrected chi connectivity index (χ2v) is 6.26. The van der Waals surface area contributed by atoms with Gasteiger partial charge in [-0.2, -0.15) is 0 Å². The van der Waals surface area contributed by atoms with Gasteiger partial charge in [0.05, 0.1) is 6.54 Å². The maximum atomic E-state index is 12.3. The molecule has 0 radical (unpaired) electrons. The van der Waals surface area contributed by atoms with Gasteiger partial charge < -0.3 is 20.3 Å². The van der Waals surface area contributed by atoms with Gasteiger partial charge in [0.1, 0.15) is 0 Å². The van der Waals surface area contributed by atoms with Crippen molar-refractivity contribution in [2.75, 3.05) is 58.3 Å². The summed E-state index contributed by atoms with van der Waals surface area (Å²) in [7, 11) is 1.65. The first-order valence-electron chi connectivity index (χ1n) is 8.69. The molecule has 138 valence electrons. The maximum Gasteiger partial charge on any atom is 0.321 e. The number of urea groups is 1. The monoisotopic (exact) mass is 348 g/mol. The molecule has 7 nitrogen and oxygen atoms in total. The maximum absolute atomic E-state index is 12.3. The normalized spacial score (nSPS) is 15.0. The van der Waals surface area contributed by atoms with Gasteiger partial charge in [-0.3, -0.25) is 9.69 Å². The third-order valence-corrected chi connectivity index (χ3v) is 4.14. The van der Waals surface area contributed by atoms with Gasteiger partial charge in [-0.05, 0) is 31.0 Å². The van der Waals surface area contributed by atoms with E-state index in [-0.39, 0.29) is 11.9 Å². The number of carbonyl (C=O) groups excluding carboxylic acids is 2. The second-order valence-electron chi connectivity index (χ2n) is 6.26. The number of carbonyl (C=O) groups is 2. The smallest absolute Gasteiger partial charge is 0.321 e. The number of hydrogen-bond acceptors (Lipinski definition) is 4. The van der Waals surface area contributed by atoms with E-state index in [0.717, 1.165) is 17.7 Å². The van der Waals surface area contributed by atoms with E-state index in [0.29, 0.717) is 45.9 Å². The van der Waals surface area contributed by atoms with Crippen molar-refractivity contribution >= 4 is 17.6 Å². The number of methoxy groups -OCH3 is 1. The molecule has 1 fully saturated rings. The molecule has 1 aromatic rings. The molecule has 0 atom stereocenters. The summed E-state index contributed by atoms with van der Waals surface area (Å²) in [4.78, 5) is 28.1. The Labute approximate surface area is 149 Å². The van der Waals surface area contributed by atoms with Crippen LogP contribution in [0.15, 0.2) is 24.3 Å². The van der Waals surface area contributed by atoms with Gasteiger partial charge in [-0.1, -0.05) is 12.1 Å². The van der Waals surface area contributed by atoms with Gasteiger partial charge in [0.25, 0.3) is 0 Å². The fraction of sp³-hybridized carbons (Fsp3) is 0.556. The third-order valence-electron chi connectivity index (χ3n) is 4.14. The number of anilines is 1. The highest BCUT2D eigenvalue weighted by molar-refractivity contribution is 5.89. The van der Waals surface area contributed by atoms with Gasteiger partial charge in [0.15, 0.2) is 0 Å². The number of nitrogens with zero attached hydrogens (tertiary/aromatic N) is 2. The average Bonchev–Trinajstić information content (AvgIpc) is 2.59. The Kier molecular flexibility index (Phi) is 7.69. The summed E-state index contributed by atoms with van der Waals surface area (Å²) in [6.07, 6.45) is 0.815. The van der Waals surface area contributed by atoms with Crippen molar-refractivity contribution in [3.8, 4) is 0 Å².